The Morgan fingerprint density at radius 3 is 2.65 bits per heavy atom. The summed E-state index contributed by atoms with van der Waals surface area (Å²) in [6.45, 7) is 2.32. The standard InChI is InChI=1S/C15H18N2O2S/c1-11(18)14-8-7-13(20-14)9-10-16-15(19)17-12-5-3-2-4-6-12/h2-8,11,18H,9-10H2,1H3,(H2,16,17,19)/t11-/m0/s1. The number of aliphatic hydroxyl groups excluding tert-OH is 1. The van der Waals surface area contributed by atoms with E-state index in [0.29, 0.717) is 6.54 Å². The van der Waals surface area contributed by atoms with Crippen molar-refractivity contribution in [2.24, 2.45) is 0 Å². The molecule has 1 aromatic heterocycles. The lowest BCUT2D eigenvalue weighted by Gasteiger charge is -2.06. The summed E-state index contributed by atoms with van der Waals surface area (Å²) in [6, 6.07) is 13.0. The highest BCUT2D eigenvalue weighted by Crippen LogP contribution is 2.22. The van der Waals surface area contributed by atoms with E-state index in [1.807, 2.05) is 42.5 Å². The smallest absolute Gasteiger partial charge is 0.319 e. The van der Waals surface area contributed by atoms with Gasteiger partial charge < -0.3 is 15.7 Å². The van der Waals surface area contributed by atoms with Crippen LogP contribution in [0.5, 0.6) is 0 Å². The Kier molecular flexibility index (Phi) is 5.15. The maximum atomic E-state index is 11.7. The van der Waals surface area contributed by atoms with Gasteiger partial charge in [-0.1, -0.05) is 18.2 Å². The van der Waals surface area contributed by atoms with Gasteiger partial charge in [-0.15, -0.1) is 11.3 Å². The Balaban J connectivity index is 1.73. The van der Waals surface area contributed by atoms with Crippen molar-refractivity contribution < 1.29 is 9.90 Å². The molecule has 0 saturated heterocycles. The predicted octanol–water partition coefficient (Wildman–Crippen LogP) is 3.17. The van der Waals surface area contributed by atoms with Gasteiger partial charge in [0, 0.05) is 22.0 Å². The molecule has 4 nitrogen and oxygen atoms in total. The highest BCUT2D eigenvalue weighted by molar-refractivity contribution is 7.12. The number of carbonyl (C=O) groups excluding carboxylic acids is 1. The van der Waals surface area contributed by atoms with Crippen LogP contribution in [-0.4, -0.2) is 17.7 Å². The van der Waals surface area contributed by atoms with Crippen LogP contribution in [0.25, 0.3) is 0 Å². The molecule has 1 atom stereocenters. The van der Waals surface area contributed by atoms with E-state index in [2.05, 4.69) is 10.6 Å². The van der Waals surface area contributed by atoms with Gasteiger partial charge in [-0.05, 0) is 37.6 Å². The van der Waals surface area contributed by atoms with Crippen LogP contribution in [0.2, 0.25) is 0 Å². The van der Waals surface area contributed by atoms with Gasteiger partial charge in [0.25, 0.3) is 0 Å². The molecular weight excluding hydrogens is 272 g/mol. The van der Waals surface area contributed by atoms with Crippen molar-refractivity contribution >= 4 is 23.1 Å². The third-order valence-corrected chi connectivity index (χ3v) is 4.10. The van der Waals surface area contributed by atoms with Crippen LogP contribution in [0.15, 0.2) is 42.5 Å². The van der Waals surface area contributed by atoms with Crippen LogP contribution in [0, 0.1) is 0 Å². The van der Waals surface area contributed by atoms with Gasteiger partial charge in [-0.3, -0.25) is 0 Å². The Bertz CT molecular complexity index is 552. The van der Waals surface area contributed by atoms with E-state index < -0.39 is 6.10 Å². The molecule has 0 aliphatic carbocycles. The number of urea groups is 1. The normalized spacial score (nSPS) is 11.9. The summed E-state index contributed by atoms with van der Waals surface area (Å²) in [7, 11) is 0. The zero-order valence-corrected chi connectivity index (χ0v) is 12.1. The lowest BCUT2D eigenvalue weighted by Crippen LogP contribution is -2.30. The van der Waals surface area contributed by atoms with Crippen molar-refractivity contribution in [1.82, 2.24) is 5.32 Å². The number of rotatable bonds is 5. The number of hydrogen-bond donors (Lipinski definition) is 3. The van der Waals surface area contributed by atoms with E-state index in [1.54, 1.807) is 18.3 Å². The molecule has 2 amide bonds. The molecule has 20 heavy (non-hydrogen) atoms. The van der Waals surface area contributed by atoms with E-state index in [9.17, 15) is 9.90 Å². The number of thiophene rings is 1. The summed E-state index contributed by atoms with van der Waals surface area (Å²) < 4.78 is 0. The fourth-order valence-electron chi connectivity index (χ4n) is 1.75. The highest BCUT2D eigenvalue weighted by atomic mass is 32.1. The Hall–Kier alpha value is -1.85. The first-order valence-electron chi connectivity index (χ1n) is 6.52. The molecule has 2 aromatic rings. The second-order valence-electron chi connectivity index (χ2n) is 4.48. The number of nitrogens with one attached hydrogen (secondary N) is 2. The van der Waals surface area contributed by atoms with Gasteiger partial charge in [0.1, 0.15) is 0 Å². The molecular formula is C15H18N2O2S. The first-order valence-corrected chi connectivity index (χ1v) is 7.33. The number of benzene rings is 1. The molecule has 3 N–H and O–H groups in total. The fourth-order valence-corrected chi connectivity index (χ4v) is 2.70. The average Bonchev–Trinajstić information content (AvgIpc) is 2.89. The zero-order valence-electron chi connectivity index (χ0n) is 11.3. The van der Waals surface area contributed by atoms with Crippen LogP contribution in [-0.2, 0) is 6.42 Å². The molecule has 5 heteroatoms. The van der Waals surface area contributed by atoms with Crippen LogP contribution in [0.3, 0.4) is 0 Å². The van der Waals surface area contributed by atoms with Crippen LogP contribution >= 0.6 is 11.3 Å². The molecule has 0 aliphatic heterocycles. The second-order valence-corrected chi connectivity index (χ2v) is 5.68. The quantitative estimate of drug-likeness (QED) is 0.792. The molecule has 106 valence electrons. The van der Waals surface area contributed by atoms with Crippen LogP contribution in [0.1, 0.15) is 22.8 Å². The molecule has 0 bridgehead atoms. The van der Waals surface area contributed by atoms with Gasteiger partial charge in [-0.25, -0.2) is 4.79 Å². The van der Waals surface area contributed by atoms with Crippen LogP contribution < -0.4 is 10.6 Å². The molecule has 1 aromatic carbocycles. The zero-order chi connectivity index (χ0) is 14.4. The number of para-hydroxylation sites is 1. The van der Waals surface area contributed by atoms with Crippen molar-refractivity contribution in [3.05, 3.63) is 52.2 Å². The Morgan fingerprint density at radius 2 is 2.00 bits per heavy atom. The number of hydrogen-bond acceptors (Lipinski definition) is 3. The van der Waals surface area contributed by atoms with E-state index in [-0.39, 0.29) is 6.03 Å². The Morgan fingerprint density at radius 1 is 1.25 bits per heavy atom. The van der Waals surface area contributed by atoms with Gasteiger partial charge >= 0.3 is 6.03 Å². The largest absolute Gasteiger partial charge is 0.388 e. The minimum atomic E-state index is -0.428. The van der Waals surface area contributed by atoms with Gasteiger partial charge in [0.15, 0.2) is 0 Å². The summed E-state index contributed by atoms with van der Waals surface area (Å²) in [4.78, 5) is 13.8. The summed E-state index contributed by atoms with van der Waals surface area (Å²) in [5.41, 5.74) is 0.775. The fraction of sp³-hybridized carbons (Fsp3) is 0.267. The number of anilines is 1. The van der Waals surface area contributed by atoms with Gasteiger partial charge in [0.2, 0.25) is 0 Å². The second kappa shape index (κ2) is 7.07. The molecule has 0 aliphatic rings. The maximum Gasteiger partial charge on any atom is 0.319 e. The summed E-state index contributed by atoms with van der Waals surface area (Å²) in [5, 5.41) is 15.0. The molecule has 0 fully saturated rings. The van der Waals surface area contributed by atoms with Crippen molar-refractivity contribution in [2.45, 2.75) is 19.4 Å². The lowest BCUT2D eigenvalue weighted by molar-refractivity contribution is 0.203. The number of amides is 2. The summed E-state index contributed by atoms with van der Waals surface area (Å²) in [5.74, 6) is 0. The predicted molar refractivity (Wildman–Crippen MR) is 82.1 cm³/mol. The van der Waals surface area contributed by atoms with E-state index >= 15 is 0 Å². The third-order valence-electron chi connectivity index (χ3n) is 2.78. The Labute approximate surface area is 122 Å². The maximum absolute atomic E-state index is 11.7. The highest BCUT2D eigenvalue weighted by Gasteiger charge is 2.06. The minimum Gasteiger partial charge on any atom is -0.388 e. The topological polar surface area (TPSA) is 61.4 Å². The van der Waals surface area contributed by atoms with E-state index in [1.165, 1.54) is 0 Å². The molecule has 1 heterocycles. The van der Waals surface area contributed by atoms with E-state index in [4.69, 9.17) is 0 Å². The van der Waals surface area contributed by atoms with Crippen molar-refractivity contribution in [3.8, 4) is 0 Å². The summed E-state index contributed by atoms with van der Waals surface area (Å²) >= 11 is 1.57. The molecule has 0 spiro atoms. The van der Waals surface area contributed by atoms with Crippen molar-refractivity contribution in [3.63, 3.8) is 0 Å². The SMILES string of the molecule is C[C@H](O)c1ccc(CCNC(=O)Nc2ccccc2)s1. The lowest BCUT2D eigenvalue weighted by atomic mass is 10.3. The van der Waals surface area contributed by atoms with Gasteiger partial charge in [-0.2, -0.15) is 0 Å². The third kappa shape index (κ3) is 4.36. The average molecular weight is 290 g/mol. The summed E-state index contributed by atoms with van der Waals surface area (Å²) in [6.07, 6.45) is 0.336. The number of carbonyl (C=O) groups is 1. The molecule has 0 radical (unpaired) electrons. The number of aliphatic hydroxyl groups is 1. The minimum absolute atomic E-state index is 0.205. The van der Waals surface area contributed by atoms with Crippen molar-refractivity contribution in [1.29, 1.82) is 0 Å². The van der Waals surface area contributed by atoms with E-state index in [0.717, 1.165) is 21.9 Å². The van der Waals surface area contributed by atoms with Crippen LogP contribution in [0.4, 0.5) is 10.5 Å². The van der Waals surface area contributed by atoms with Gasteiger partial charge in [0.05, 0.1) is 6.10 Å². The first-order chi connectivity index (χ1) is 9.65. The first kappa shape index (κ1) is 14.6. The molecule has 0 saturated carbocycles. The van der Waals surface area contributed by atoms with Crippen molar-refractivity contribution in [2.75, 3.05) is 11.9 Å². The monoisotopic (exact) mass is 290 g/mol. The molecule has 2 rings (SSSR count). The molecule has 0 unspecified atom stereocenters.